The van der Waals surface area contributed by atoms with Crippen LogP contribution in [-0.2, 0) is 21.4 Å². The van der Waals surface area contributed by atoms with Crippen molar-refractivity contribution in [3.8, 4) is 0 Å². The van der Waals surface area contributed by atoms with Gasteiger partial charge >= 0.3 is 0 Å². The molecule has 2 aromatic carbocycles. The van der Waals surface area contributed by atoms with Crippen LogP contribution in [0.3, 0.4) is 0 Å². The smallest absolute Gasteiger partial charge is 0.241 e. The molecule has 0 aliphatic rings. The Labute approximate surface area is 151 Å². The van der Waals surface area contributed by atoms with E-state index in [2.05, 4.69) is 5.32 Å². The van der Waals surface area contributed by atoms with Gasteiger partial charge in [0, 0.05) is 6.54 Å². The zero-order valence-corrected chi connectivity index (χ0v) is 15.2. The van der Waals surface area contributed by atoms with E-state index in [4.69, 9.17) is 23.2 Å². The van der Waals surface area contributed by atoms with E-state index in [9.17, 15) is 13.2 Å². The minimum atomic E-state index is -3.71. The van der Waals surface area contributed by atoms with Crippen LogP contribution in [0.15, 0.2) is 48.5 Å². The van der Waals surface area contributed by atoms with Gasteiger partial charge in [0.25, 0.3) is 0 Å². The number of hydrogen-bond acceptors (Lipinski definition) is 3. The van der Waals surface area contributed by atoms with Crippen LogP contribution in [0.25, 0.3) is 0 Å². The number of carbonyl (C=O) groups excluding carboxylic acids is 1. The molecule has 0 spiro atoms. The normalized spacial score (nSPS) is 11.1. The average Bonchev–Trinajstić information content (AvgIpc) is 2.53. The fourth-order valence-corrected chi connectivity index (χ4v) is 3.36. The molecule has 1 amide bonds. The van der Waals surface area contributed by atoms with Crippen molar-refractivity contribution in [1.82, 2.24) is 5.32 Å². The molecule has 2 rings (SSSR count). The molecule has 0 aliphatic heterocycles. The van der Waals surface area contributed by atoms with Crippen molar-refractivity contribution in [3.05, 3.63) is 64.1 Å². The number of amides is 1. The van der Waals surface area contributed by atoms with Crippen LogP contribution < -0.4 is 9.62 Å². The summed E-state index contributed by atoms with van der Waals surface area (Å²) in [7, 11) is -3.71. The van der Waals surface area contributed by atoms with E-state index in [0.717, 1.165) is 16.1 Å². The van der Waals surface area contributed by atoms with Gasteiger partial charge in [0.05, 0.1) is 22.0 Å². The summed E-state index contributed by atoms with van der Waals surface area (Å²) in [4.78, 5) is 12.1. The summed E-state index contributed by atoms with van der Waals surface area (Å²) in [6, 6.07) is 13.9. The maximum atomic E-state index is 12.1. The highest BCUT2D eigenvalue weighted by Crippen LogP contribution is 2.33. The number of halogens is 2. The minimum Gasteiger partial charge on any atom is -0.350 e. The Morgan fingerprint density at radius 3 is 2.38 bits per heavy atom. The molecule has 128 valence electrons. The third kappa shape index (κ3) is 4.87. The molecule has 0 saturated heterocycles. The lowest BCUT2D eigenvalue weighted by molar-refractivity contribution is -0.119. The molecule has 0 fully saturated rings. The Balaban J connectivity index is 2.15. The number of benzene rings is 2. The van der Waals surface area contributed by atoms with Crippen LogP contribution in [0.4, 0.5) is 5.69 Å². The zero-order valence-electron chi connectivity index (χ0n) is 12.9. The summed E-state index contributed by atoms with van der Waals surface area (Å²) >= 11 is 12.0. The Bertz CT molecular complexity index is 826. The van der Waals surface area contributed by atoms with Gasteiger partial charge < -0.3 is 5.32 Å². The topological polar surface area (TPSA) is 66.5 Å². The van der Waals surface area contributed by atoms with Crippen LogP contribution in [0, 0.1) is 0 Å². The van der Waals surface area contributed by atoms with Gasteiger partial charge in [-0.15, -0.1) is 0 Å². The lowest BCUT2D eigenvalue weighted by Gasteiger charge is -2.23. The van der Waals surface area contributed by atoms with Crippen molar-refractivity contribution in [2.75, 3.05) is 17.1 Å². The van der Waals surface area contributed by atoms with Crippen molar-refractivity contribution in [3.63, 3.8) is 0 Å². The standard InChI is InChI=1S/C16H16Cl2N2O3S/c1-24(22,23)20(14-9-5-8-13(17)16(14)18)11-15(21)19-10-12-6-3-2-4-7-12/h2-9H,10-11H2,1H3,(H,19,21). The fourth-order valence-electron chi connectivity index (χ4n) is 2.05. The maximum absolute atomic E-state index is 12.1. The monoisotopic (exact) mass is 386 g/mol. The summed E-state index contributed by atoms with van der Waals surface area (Å²) in [5.41, 5.74) is 1.08. The third-order valence-electron chi connectivity index (χ3n) is 3.22. The largest absolute Gasteiger partial charge is 0.350 e. The van der Waals surface area contributed by atoms with Gasteiger partial charge in [-0.05, 0) is 17.7 Å². The third-order valence-corrected chi connectivity index (χ3v) is 5.16. The van der Waals surface area contributed by atoms with E-state index in [1.807, 2.05) is 30.3 Å². The summed E-state index contributed by atoms with van der Waals surface area (Å²) < 4.78 is 25.0. The lowest BCUT2D eigenvalue weighted by atomic mass is 10.2. The lowest BCUT2D eigenvalue weighted by Crippen LogP contribution is -2.40. The van der Waals surface area contributed by atoms with E-state index in [0.29, 0.717) is 6.54 Å². The number of hydrogen-bond donors (Lipinski definition) is 1. The summed E-state index contributed by atoms with van der Waals surface area (Å²) in [6.45, 7) is -0.0771. The quantitative estimate of drug-likeness (QED) is 0.829. The second-order valence-electron chi connectivity index (χ2n) is 5.10. The molecule has 0 unspecified atom stereocenters. The van der Waals surface area contributed by atoms with Gasteiger partial charge in [0.2, 0.25) is 15.9 Å². The highest BCUT2D eigenvalue weighted by atomic mass is 35.5. The first-order chi connectivity index (χ1) is 11.3. The van der Waals surface area contributed by atoms with E-state index in [-0.39, 0.29) is 22.3 Å². The number of rotatable bonds is 6. The molecular formula is C16H16Cl2N2O3S. The highest BCUT2D eigenvalue weighted by molar-refractivity contribution is 7.92. The molecule has 0 saturated carbocycles. The molecule has 0 radical (unpaired) electrons. The second kappa shape index (κ2) is 7.88. The van der Waals surface area contributed by atoms with Crippen molar-refractivity contribution in [2.24, 2.45) is 0 Å². The SMILES string of the molecule is CS(=O)(=O)N(CC(=O)NCc1ccccc1)c1cccc(Cl)c1Cl. The van der Waals surface area contributed by atoms with Crippen LogP contribution in [0.5, 0.6) is 0 Å². The second-order valence-corrected chi connectivity index (χ2v) is 7.80. The Morgan fingerprint density at radius 2 is 1.75 bits per heavy atom. The molecule has 0 atom stereocenters. The molecule has 24 heavy (non-hydrogen) atoms. The maximum Gasteiger partial charge on any atom is 0.241 e. The first-order valence-corrected chi connectivity index (χ1v) is 9.62. The molecule has 5 nitrogen and oxygen atoms in total. The van der Waals surface area contributed by atoms with Gasteiger partial charge in [0.15, 0.2) is 0 Å². The van der Waals surface area contributed by atoms with Crippen molar-refractivity contribution < 1.29 is 13.2 Å². The molecular weight excluding hydrogens is 371 g/mol. The highest BCUT2D eigenvalue weighted by Gasteiger charge is 2.23. The van der Waals surface area contributed by atoms with E-state index in [1.165, 1.54) is 6.07 Å². The number of carbonyl (C=O) groups is 1. The molecule has 2 aromatic rings. The summed E-state index contributed by atoms with van der Waals surface area (Å²) in [5, 5.41) is 2.98. The first kappa shape index (κ1) is 18.6. The van der Waals surface area contributed by atoms with Gasteiger partial charge in [0.1, 0.15) is 6.54 Å². The molecule has 0 aliphatic carbocycles. The number of anilines is 1. The van der Waals surface area contributed by atoms with Crippen molar-refractivity contribution in [2.45, 2.75) is 6.54 Å². The molecule has 0 bridgehead atoms. The van der Waals surface area contributed by atoms with Gasteiger partial charge in [-0.25, -0.2) is 8.42 Å². The molecule has 1 N–H and O–H groups in total. The number of sulfonamides is 1. The van der Waals surface area contributed by atoms with Crippen LogP contribution in [0.1, 0.15) is 5.56 Å². The molecule has 0 heterocycles. The van der Waals surface area contributed by atoms with Crippen molar-refractivity contribution >= 4 is 44.8 Å². The Morgan fingerprint density at radius 1 is 1.08 bits per heavy atom. The van der Waals surface area contributed by atoms with Gasteiger partial charge in [-0.1, -0.05) is 59.6 Å². The van der Waals surface area contributed by atoms with E-state index >= 15 is 0 Å². The molecule has 0 aromatic heterocycles. The zero-order chi connectivity index (χ0) is 17.7. The van der Waals surface area contributed by atoms with Crippen LogP contribution >= 0.6 is 23.2 Å². The summed E-state index contributed by atoms with van der Waals surface area (Å²) in [5.74, 6) is -0.444. The van der Waals surface area contributed by atoms with Gasteiger partial charge in [-0.2, -0.15) is 0 Å². The van der Waals surface area contributed by atoms with Crippen LogP contribution in [0.2, 0.25) is 10.0 Å². The Hall–Kier alpha value is -1.76. The number of nitrogens with one attached hydrogen (secondary N) is 1. The van der Waals surface area contributed by atoms with E-state index < -0.39 is 15.9 Å². The van der Waals surface area contributed by atoms with E-state index in [1.54, 1.807) is 12.1 Å². The van der Waals surface area contributed by atoms with Crippen molar-refractivity contribution in [1.29, 1.82) is 0 Å². The molecule has 8 heteroatoms. The Kier molecular flexibility index (Phi) is 6.10. The predicted molar refractivity (Wildman–Crippen MR) is 96.9 cm³/mol. The first-order valence-electron chi connectivity index (χ1n) is 7.01. The summed E-state index contributed by atoms with van der Waals surface area (Å²) in [6.07, 6.45) is 1.01. The minimum absolute atomic E-state index is 0.0838. The van der Waals surface area contributed by atoms with Crippen LogP contribution in [-0.4, -0.2) is 27.1 Å². The predicted octanol–water partition coefficient (Wildman–Crippen LogP) is 3.08. The number of nitrogens with zero attached hydrogens (tertiary/aromatic N) is 1. The average molecular weight is 387 g/mol. The van der Waals surface area contributed by atoms with Gasteiger partial charge in [-0.3, -0.25) is 9.10 Å². The fraction of sp³-hybridized carbons (Fsp3) is 0.188.